The molecule has 3 aromatic rings. The van der Waals surface area contributed by atoms with Crippen molar-refractivity contribution in [3.63, 3.8) is 0 Å². The molecule has 0 unspecified atom stereocenters. The minimum absolute atomic E-state index is 0.178. The van der Waals surface area contributed by atoms with E-state index in [2.05, 4.69) is 26.3 Å². The van der Waals surface area contributed by atoms with Crippen LogP contribution in [0.5, 0.6) is 0 Å². The van der Waals surface area contributed by atoms with Crippen molar-refractivity contribution in [1.29, 1.82) is 0 Å². The number of hydrogen-bond donors (Lipinski definition) is 1. The summed E-state index contributed by atoms with van der Waals surface area (Å²) >= 11 is 3.31. The number of amides is 1. The van der Waals surface area contributed by atoms with Gasteiger partial charge in [-0.05, 0) is 41.5 Å². The summed E-state index contributed by atoms with van der Waals surface area (Å²) < 4.78 is 27.1. The van der Waals surface area contributed by atoms with Crippen LogP contribution in [-0.2, 0) is 26.9 Å². The first-order chi connectivity index (χ1) is 12.9. The molecule has 0 atom stereocenters. The van der Waals surface area contributed by atoms with Crippen LogP contribution < -0.4 is 5.32 Å². The first-order valence-electron chi connectivity index (χ1n) is 8.21. The number of aromatic nitrogens is 2. The molecule has 0 spiro atoms. The standard InChI is InChI=1S/C19H18BrN3O3S/c20-17-4-1-3-16(11-17)13-27(25,26)14-19(24)22-18-7-5-15(6-8-18)12-23-10-2-9-21-23/h1-11H,12-14H2,(H,22,24). The van der Waals surface area contributed by atoms with Gasteiger partial charge in [0.15, 0.2) is 9.84 Å². The number of nitrogens with zero attached hydrogens (tertiary/aromatic N) is 2. The highest BCUT2D eigenvalue weighted by Crippen LogP contribution is 2.15. The predicted octanol–water partition coefficient (Wildman–Crippen LogP) is 3.25. The number of halogens is 1. The fourth-order valence-corrected chi connectivity index (χ4v) is 4.31. The third kappa shape index (κ3) is 6.04. The number of carbonyl (C=O) groups excluding carboxylic acids is 1. The molecule has 8 heteroatoms. The van der Waals surface area contributed by atoms with Crippen molar-refractivity contribution in [1.82, 2.24) is 9.78 Å². The number of carbonyl (C=O) groups is 1. The molecule has 0 aliphatic carbocycles. The van der Waals surface area contributed by atoms with E-state index in [1.807, 2.05) is 30.5 Å². The predicted molar refractivity (Wildman–Crippen MR) is 108 cm³/mol. The Balaban J connectivity index is 1.56. The quantitative estimate of drug-likeness (QED) is 0.602. The van der Waals surface area contributed by atoms with Gasteiger partial charge in [0.1, 0.15) is 5.75 Å². The van der Waals surface area contributed by atoms with Gasteiger partial charge in [-0.2, -0.15) is 5.10 Å². The Morgan fingerprint density at radius 3 is 2.52 bits per heavy atom. The van der Waals surface area contributed by atoms with E-state index in [-0.39, 0.29) is 5.75 Å². The summed E-state index contributed by atoms with van der Waals surface area (Å²) in [6.45, 7) is 0.627. The van der Waals surface area contributed by atoms with E-state index >= 15 is 0 Å². The summed E-state index contributed by atoms with van der Waals surface area (Å²) in [5.41, 5.74) is 2.22. The number of rotatable bonds is 7. The van der Waals surface area contributed by atoms with E-state index in [0.717, 1.165) is 10.0 Å². The number of hydrogen-bond acceptors (Lipinski definition) is 4. The van der Waals surface area contributed by atoms with Gasteiger partial charge in [0, 0.05) is 22.6 Å². The van der Waals surface area contributed by atoms with Crippen LogP contribution in [0.4, 0.5) is 5.69 Å². The number of nitrogens with one attached hydrogen (secondary N) is 1. The first-order valence-corrected chi connectivity index (χ1v) is 10.8. The van der Waals surface area contributed by atoms with Crippen LogP contribution >= 0.6 is 15.9 Å². The van der Waals surface area contributed by atoms with E-state index in [9.17, 15) is 13.2 Å². The first kappa shape index (κ1) is 19.3. The normalized spacial score (nSPS) is 11.3. The average Bonchev–Trinajstić information content (AvgIpc) is 3.08. The van der Waals surface area contributed by atoms with Crippen LogP contribution in [0.15, 0.2) is 71.5 Å². The Kier molecular flexibility index (Phi) is 6.08. The number of sulfone groups is 1. The maximum Gasteiger partial charge on any atom is 0.239 e. The average molecular weight is 448 g/mol. The topological polar surface area (TPSA) is 81.1 Å². The van der Waals surface area contributed by atoms with E-state index in [1.165, 1.54) is 0 Å². The minimum Gasteiger partial charge on any atom is -0.325 e. The molecule has 0 radical (unpaired) electrons. The van der Waals surface area contributed by atoms with Gasteiger partial charge in [-0.25, -0.2) is 8.42 Å². The second kappa shape index (κ2) is 8.49. The third-order valence-electron chi connectivity index (χ3n) is 3.77. The Bertz CT molecular complexity index is 1020. The second-order valence-electron chi connectivity index (χ2n) is 6.11. The smallest absolute Gasteiger partial charge is 0.239 e. The van der Waals surface area contributed by atoms with Crippen LogP contribution in [0, 0.1) is 0 Å². The summed E-state index contributed by atoms with van der Waals surface area (Å²) in [5.74, 6) is -1.29. The molecule has 0 aliphatic heterocycles. The lowest BCUT2D eigenvalue weighted by atomic mass is 10.2. The molecule has 0 aliphatic rings. The van der Waals surface area contributed by atoms with E-state index in [1.54, 1.807) is 41.2 Å². The lowest BCUT2D eigenvalue weighted by Gasteiger charge is -2.08. The largest absolute Gasteiger partial charge is 0.325 e. The van der Waals surface area contributed by atoms with Crippen molar-refractivity contribution in [3.05, 3.63) is 82.6 Å². The van der Waals surface area contributed by atoms with Gasteiger partial charge in [-0.1, -0.05) is 40.2 Å². The van der Waals surface area contributed by atoms with Gasteiger partial charge in [0.25, 0.3) is 0 Å². The van der Waals surface area contributed by atoms with Gasteiger partial charge < -0.3 is 5.32 Å². The Morgan fingerprint density at radius 2 is 1.85 bits per heavy atom. The molecule has 0 fully saturated rings. The van der Waals surface area contributed by atoms with Gasteiger partial charge in [0.2, 0.25) is 5.91 Å². The maximum atomic E-state index is 12.3. The van der Waals surface area contributed by atoms with Crippen LogP contribution in [0.25, 0.3) is 0 Å². The molecule has 140 valence electrons. The van der Waals surface area contributed by atoms with Crippen molar-refractivity contribution in [2.75, 3.05) is 11.1 Å². The second-order valence-corrected chi connectivity index (χ2v) is 9.09. The number of benzene rings is 2. The van der Waals surface area contributed by atoms with E-state index < -0.39 is 21.5 Å². The Hall–Kier alpha value is -2.45. The summed E-state index contributed by atoms with van der Waals surface area (Å²) in [6.07, 6.45) is 3.58. The van der Waals surface area contributed by atoms with Crippen molar-refractivity contribution in [2.24, 2.45) is 0 Å². The van der Waals surface area contributed by atoms with Gasteiger partial charge in [-0.3, -0.25) is 9.48 Å². The Labute approximate surface area is 166 Å². The zero-order valence-corrected chi connectivity index (χ0v) is 16.8. The summed E-state index contributed by atoms with van der Waals surface area (Å²) in [5, 5.41) is 6.77. The molecule has 0 saturated heterocycles. The molecular weight excluding hydrogens is 430 g/mol. The molecule has 6 nitrogen and oxygen atoms in total. The molecule has 2 aromatic carbocycles. The highest BCUT2D eigenvalue weighted by atomic mass is 79.9. The molecule has 27 heavy (non-hydrogen) atoms. The fraction of sp³-hybridized carbons (Fsp3) is 0.158. The summed E-state index contributed by atoms with van der Waals surface area (Å²) in [4.78, 5) is 12.1. The van der Waals surface area contributed by atoms with Crippen LogP contribution in [0.1, 0.15) is 11.1 Å². The van der Waals surface area contributed by atoms with Gasteiger partial charge in [-0.15, -0.1) is 0 Å². The molecule has 0 bridgehead atoms. The summed E-state index contributed by atoms with van der Waals surface area (Å²) in [7, 11) is -3.56. The van der Waals surface area contributed by atoms with Crippen LogP contribution in [-0.4, -0.2) is 29.9 Å². The zero-order valence-electron chi connectivity index (χ0n) is 14.4. The minimum atomic E-state index is -3.56. The molecule has 1 N–H and O–H groups in total. The Morgan fingerprint density at radius 1 is 1.07 bits per heavy atom. The molecule has 1 aromatic heterocycles. The summed E-state index contributed by atoms with van der Waals surface area (Å²) in [6, 6.07) is 16.1. The number of anilines is 1. The van der Waals surface area contributed by atoms with Crippen molar-refractivity contribution in [2.45, 2.75) is 12.3 Å². The lowest BCUT2D eigenvalue weighted by molar-refractivity contribution is -0.113. The molecule has 1 amide bonds. The van der Waals surface area contributed by atoms with Crippen molar-refractivity contribution < 1.29 is 13.2 Å². The highest BCUT2D eigenvalue weighted by Gasteiger charge is 2.17. The van der Waals surface area contributed by atoms with Gasteiger partial charge >= 0.3 is 0 Å². The molecular formula is C19H18BrN3O3S. The zero-order chi connectivity index (χ0) is 19.3. The van der Waals surface area contributed by atoms with Crippen LogP contribution in [0.2, 0.25) is 0 Å². The SMILES string of the molecule is O=C(CS(=O)(=O)Cc1cccc(Br)c1)Nc1ccc(Cn2cccn2)cc1. The van der Waals surface area contributed by atoms with Crippen molar-refractivity contribution >= 4 is 37.4 Å². The maximum absolute atomic E-state index is 12.3. The molecule has 1 heterocycles. The lowest BCUT2D eigenvalue weighted by Crippen LogP contribution is -2.24. The van der Waals surface area contributed by atoms with Gasteiger partial charge in [0.05, 0.1) is 12.3 Å². The third-order valence-corrected chi connectivity index (χ3v) is 5.74. The van der Waals surface area contributed by atoms with E-state index in [0.29, 0.717) is 17.8 Å². The fourth-order valence-electron chi connectivity index (χ4n) is 2.60. The highest BCUT2D eigenvalue weighted by molar-refractivity contribution is 9.10. The molecule has 0 saturated carbocycles. The van der Waals surface area contributed by atoms with Crippen molar-refractivity contribution in [3.8, 4) is 0 Å². The monoisotopic (exact) mass is 447 g/mol. The van der Waals surface area contributed by atoms with Crippen LogP contribution in [0.3, 0.4) is 0 Å². The molecule has 3 rings (SSSR count). The van der Waals surface area contributed by atoms with E-state index in [4.69, 9.17) is 0 Å².